The van der Waals surface area contributed by atoms with Crippen LogP contribution >= 0.6 is 15.9 Å². The van der Waals surface area contributed by atoms with Crippen LogP contribution in [0.4, 0.5) is 0 Å². The lowest BCUT2D eigenvalue weighted by atomic mass is 10.2. The van der Waals surface area contributed by atoms with Crippen LogP contribution < -0.4 is 0 Å². The summed E-state index contributed by atoms with van der Waals surface area (Å²) in [6.07, 6.45) is 5.56. The molecule has 82 valence electrons. The van der Waals surface area contributed by atoms with Gasteiger partial charge in [-0.2, -0.15) is 0 Å². The summed E-state index contributed by atoms with van der Waals surface area (Å²) in [4.78, 5) is 0. The summed E-state index contributed by atoms with van der Waals surface area (Å²) < 4.78 is 17.0. The fraction of sp³-hybridized carbons (Fsp3) is 1.00. The van der Waals surface area contributed by atoms with Crippen molar-refractivity contribution in [2.24, 2.45) is 0 Å². The standard InChI is InChI=1S/C10H17BrO3/c11-6-3-4-9-8-13-10(14-9)5-1-2-7-12-10/h9H,1-8H2. The van der Waals surface area contributed by atoms with Crippen molar-refractivity contribution >= 4 is 15.9 Å². The van der Waals surface area contributed by atoms with Crippen LogP contribution in [0.2, 0.25) is 0 Å². The second kappa shape index (κ2) is 4.92. The second-order valence-electron chi connectivity index (χ2n) is 3.87. The Morgan fingerprint density at radius 2 is 2.21 bits per heavy atom. The molecule has 2 rings (SSSR count). The van der Waals surface area contributed by atoms with Gasteiger partial charge in [0, 0.05) is 11.8 Å². The first-order valence-electron chi connectivity index (χ1n) is 5.36. The molecule has 3 nitrogen and oxygen atoms in total. The van der Waals surface area contributed by atoms with Gasteiger partial charge < -0.3 is 14.2 Å². The van der Waals surface area contributed by atoms with Crippen molar-refractivity contribution in [1.29, 1.82) is 0 Å². The van der Waals surface area contributed by atoms with Gasteiger partial charge in [-0.05, 0) is 25.7 Å². The summed E-state index contributed by atoms with van der Waals surface area (Å²) in [5.74, 6) is -0.671. The molecule has 14 heavy (non-hydrogen) atoms. The summed E-state index contributed by atoms with van der Waals surface area (Å²) in [6.45, 7) is 1.46. The number of ether oxygens (including phenoxy) is 3. The molecule has 0 aromatic carbocycles. The van der Waals surface area contributed by atoms with E-state index in [4.69, 9.17) is 14.2 Å². The smallest absolute Gasteiger partial charge is 0.283 e. The molecule has 0 radical (unpaired) electrons. The van der Waals surface area contributed by atoms with Crippen LogP contribution in [0.1, 0.15) is 32.1 Å². The van der Waals surface area contributed by atoms with Crippen LogP contribution in [0.25, 0.3) is 0 Å². The molecule has 0 N–H and O–H groups in total. The van der Waals surface area contributed by atoms with E-state index in [0.29, 0.717) is 6.61 Å². The number of rotatable bonds is 3. The van der Waals surface area contributed by atoms with E-state index in [1.54, 1.807) is 0 Å². The third-order valence-corrected chi connectivity index (χ3v) is 3.26. The SMILES string of the molecule is BrCCCC1COC2(CCCCO2)O1. The molecular weight excluding hydrogens is 248 g/mol. The highest BCUT2D eigenvalue weighted by Crippen LogP contribution is 2.34. The highest BCUT2D eigenvalue weighted by molar-refractivity contribution is 9.09. The largest absolute Gasteiger partial charge is 0.327 e. The summed E-state index contributed by atoms with van der Waals surface area (Å²) >= 11 is 3.42. The maximum atomic E-state index is 5.83. The van der Waals surface area contributed by atoms with Crippen molar-refractivity contribution in [3.05, 3.63) is 0 Å². The monoisotopic (exact) mass is 264 g/mol. The molecule has 2 heterocycles. The van der Waals surface area contributed by atoms with Crippen molar-refractivity contribution in [1.82, 2.24) is 0 Å². The summed E-state index contributed by atoms with van der Waals surface area (Å²) in [6, 6.07) is 0. The van der Waals surface area contributed by atoms with Crippen LogP contribution in [0.3, 0.4) is 0 Å². The van der Waals surface area contributed by atoms with Gasteiger partial charge in [0.25, 0.3) is 5.97 Å². The van der Waals surface area contributed by atoms with Gasteiger partial charge in [-0.15, -0.1) is 0 Å². The van der Waals surface area contributed by atoms with E-state index in [0.717, 1.165) is 44.0 Å². The minimum absolute atomic E-state index is 0.227. The molecule has 4 heteroatoms. The highest BCUT2D eigenvalue weighted by atomic mass is 79.9. The third-order valence-electron chi connectivity index (χ3n) is 2.69. The number of hydrogen-bond donors (Lipinski definition) is 0. The lowest BCUT2D eigenvalue weighted by Crippen LogP contribution is -2.37. The van der Waals surface area contributed by atoms with Crippen molar-refractivity contribution in [3.8, 4) is 0 Å². The van der Waals surface area contributed by atoms with E-state index in [2.05, 4.69) is 15.9 Å². The molecule has 0 bridgehead atoms. The predicted octanol–water partition coefficient (Wildman–Crippen LogP) is 2.43. The van der Waals surface area contributed by atoms with Crippen molar-refractivity contribution in [2.75, 3.05) is 18.5 Å². The van der Waals surface area contributed by atoms with Crippen LogP contribution in [0.15, 0.2) is 0 Å². The Hall–Kier alpha value is 0.360. The molecule has 2 aliphatic rings. The molecule has 0 aromatic rings. The van der Waals surface area contributed by atoms with Gasteiger partial charge in [0.15, 0.2) is 0 Å². The molecular formula is C10H17BrO3. The van der Waals surface area contributed by atoms with Crippen LogP contribution in [0, 0.1) is 0 Å². The van der Waals surface area contributed by atoms with Gasteiger partial charge in [-0.1, -0.05) is 15.9 Å². The van der Waals surface area contributed by atoms with E-state index < -0.39 is 5.97 Å². The highest BCUT2D eigenvalue weighted by Gasteiger charge is 2.43. The van der Waals surface area contributed by atoms with Gasteiger partial charge in [0.2, 0.25) is 0 Å². The summed E-state index contributed by atoms with van der Waals surface area (Å²) in [5, 5.41) is 1.03. The van der Waals surface area contributed by atoms with E-state index in [1.165, 1.54) is 0 Å². The van der Waals surface area contributed by atoms with E-state index in [9.17, 15) is 0 Å². The average molecular weight is 265 g/mol. The normalized spacial score (nSPS) is 37.9. The summed E-state index contributed by atoms with van der Waals surface area (Å²) in [7, 11) is 0. The molecule has 0 saturated carbocycles. The Bertz CT molecular complexity index is 180. The van der Waals surface area contributed by atoms with E-state index >= 15 is 0 Å². The molecule has 0 aliphatic carbocycles. The lowest BCUT2D eigenvalue weighted by molar-refractivity contribution is -0.351. The molecule has 0 aromatic heterocycles. The minimum atomic E-state index is -0.671. The number of alkyl halides is 1. The second-order valence-corrected chi connectivity index (χ2v) is 4.66. The maximum Gasteiger partial charge on any atom is 0.283 e. The predicted molar refractivity (Wildman–Crippen MR) is 56.4 cm³/mol. The van der Waals surface area contributed by atoms with Gasteiger partial charge in [0.05, 0.1) is 19.3 Å². The Morgan fingerprint density at radius 1 is 1.29 bits per heavy atom. The Morgan fingerprint density at radius 3 is 2.93 bits per heavy atom. The molecule has 2 aliphatic heterocycles. The zero-order valence-electron chi connectivity index (χ0n) is 8.34. The van der Waals surface area contributed by atoms with Crippen LogP contribution in [0.5, 0.6) is 0 Å². The summed E-state index contributed by atoms with van der Waals surface area (Å²) in [5.41, 5.74) is 0. The van der Waals surface area contributed by atoms with Gasteiger partial charge in [-0.3, -0.25) is 0 Å². The molecule has 2 saturated heterocycles. The van der Waals surface area contributed by atoms with Crippen molar-refractivity contribution in [2.45, 2.75) is 44.2 Å². The lowest BCUT2D eigenvalue weighted by Gasteiger charge is -2.31. The van der Waals surface area contributed by atoms with Gasteiger partial charge in [-0.25, -0.2) is 0 Å². The van der Waals surface area contributed by atoms with Gasteiger partial charge >= 0.3 is 0 Å². The quantitative estimate of drug-likeness (QED) is 0.733. The number of halogens is 1. The van der Waals surface area contributed by atoms with Crippen molar-refractivity contribution < 1.29 is 14.2 Å². The van der Waals surface area contributed by atoms with E-state index in [1.807, 2.05) is 0 Å². The van der Waals surface area contributed by atoms with E-state index in [-0.39, 0.29) is 6.10 Å². The van der Waals surface area contributed by atoms with Crippen LogP contribution in [-0.4, -0.2) is 30.6 Å². The van der Waals surface area contributed by atoms with Crippen molar-refractivity contribution in [3.63, 3.8) is 0 Å². The van der Waals surface area contributed by atoms with Crippen LogP contribution in [-0.2, 0) is 14.2 Å². The zero-order valence-corrected chi connectivity index (χ0v) is 9.92. The average Bonchev–Trinajstić information content (AvgIpc) is 2.60. The zero-order chi connectivity index (χ0) is 9.86. The van der Waals surface area contributed by atoms with Gasteiger partial charge in [0.1, 0.15) is 0 Å². The number of hydrogen-bond acceptors (Lipinski definition) is 3. The first kappa shape index (κ1) is 10.9. The molecule has 2 atom stereocenters. The molecule has 1 spiro atoms. The fourth-order valence-electron chi connectivity index (χ4n) is 1.94. The molecule has 2 unspecified atom stereocenters. The topological polar surface area (TPSA) is 27.7 Å². The Kier molecular flexibility index (Phi) is 3.82. The fourth-order valence-corrected chi connectivity index (χ4v) is 2.26. The molecule has 0 amide bonds. The Labute approximate surface area is 93.2 Å². The first-order chi connectivity index (χ1) is 6.85. The third kappa shape index (κ3) is 2.48. The maximum absolute atomic E-state index is 5.83. The Balaban J connectivity index is 1.80. The minimum Gasteiger partial charge on any atom is -0.327 e. The first-order valence-corrected chi connectivity index (χ1v) is 6.48. The molecule has 2 fully saturated rings.